The van der Waals surface area contributed by atoms with Gasteiger partial charge in [0.15, 0.2) is 0 Å². The first-order chi connectivity index (χ1) is 10.7. The number of rotatable bonds is 4. The van der Waals surface area contributed by atoms with Gasteiger partial charge in [-0.05, 0) is 30.7 Å². The van der Waals surface area contributed by atoms with E-state index in [4.69, 9.17) is 11.6 Å². The molecule has 6 heteroatoms. The maximum Gasteiger partial charge on any atom is 0.131 e. The van der Waals surface area contributed by atoms with Gasteiger partial charge in [0, 0.05) is 37.4 Å². The molecule has 1 aromatic heterocycles. The Morgan fingerprint density at radius 2 is 2.09 bits per heavy atom. The molecule has 0 spiro atoms. The van der Waals surface area contributed by atoms with Crippen LogP contribution in [0.4, 0.5) is 5.82 Å². The summed E-state index contributed by atoms with van der Waals surface area (Å²) in [5.41, 5.74) is 1.14. The summed E-state index contributed by atoms with van der Waals surface area (Å²) in [4.78, 5) is 11.0. The van der Waals surface area contributed by atoms with E-state index in [0.717, 1.165) is 48.4 Å². The largest absolute Gasteiger partial charge is 0.350 e. The minimum Gasteiger partial charge on any atom is -0.350 e. The minimum absolute atomic E-state index is 0.0510. The van der Waals surface area contributed by atoms with Crippen LogP contribution >= 0.6 is 11.6 Å². The lowest BCUT2D eigenvalue weighted by molar-refractivity contribution is 0.191. The van der Waals surface area contributed by atoms with Crippen LogP contribution in [-0.2, 0) is 0 Å². The normalized spacial score (nSPS) is 17.2. The Balaban J connectivity index is 1.88. The van der Waals surface area contributed by atoms with Gasteiger partial charge in [-0.1, -0.05) is 23.7 Å². The number of benzene rings is 1. The van der Waals surface area contributed by atoms with Gasteiger partial charge >= 0.3 is 0 Å². The first-order valence-electron chi connectivity index (χ1n) is 7.49. The number of anilines is 1. The maximum atomic E-state index is 6.17. The molecule has 1 atom stereocenters. The van der Waals surface area contributed by atoms with Crippen molar-refractivity contribution in [3.8, 4) is 0 Å². The molecule has 0 saturated carbocycles. The Kier molecular flexibility index (Phi) is 4.87. The highest BCUT2D eigenvalue weighted by Gasteiger charge is 2.22. The molecule has 2 heterocycles. The lowest BCUT2D eigenvalue weighted by Crippen LogP contribution is -2.47. The summed E-state index contributed by atoms with van der Waals surface area (Å²) in [5.74, 6) is 1.59. The Bertz CT molecular complexity index is 627. The third-order valence-electron chi connectivity index (χ3n) is 3.74. The van der Waals surface area contributed by atoms with Gasteiger partial charge in [-0.15, -0.1) is 0 Å². The number of aromatic nitrogens is 2. The van der Waals surface area contributed by atoms with E-state index in [1.807, 2.05) is 31.2 Å². The minimum atomic E-state index is 0.0510. The molecule has 0 amide bonds. The third-order valence-corrected chi connectivity index (χ3v) is 3.98. The molecule has 3 rings (SSSR count). The Morgan fingerprint density at radius 1 is 1.27 bits per heavy atom. The topological polar surface area (TPSA) is 53.1 Å². The van der Waals surface area contributed by atoms with E-state index in [2.05, 4.69) is 31.6 Å². The van der Waals surface area contributed by atoms with E-state index in [1.165, 1.54) is 0 Å². The van der Waals surface area contributed by atoms with Crippen molar-refractivity contribution in [2.45, 2.75) is 13.1 Å². The average Bonchev–Trinajstić information content (AvgIpc) is 2.53. The van der Waals surface area contributed by atoms with Crippen LogP contribution in [0.15, 0.2) is 36.5 Å². The molecule has 116 valence electrons. The second-order valence-corrected chi connectivity index (χ2v) is 5.81. The number of hydrogen-bond acceptors (Lipinski definition) is 5. The van der Waals surface area contributed by atoms with Crippen molar-refractivity contribution in [2.24, 2.45) is 0 Å². The Morgan fingerprint density at radius 3 is 2.82 bits per heavy atom. The molecule has 1 saturated heterocycles. The predicted molar refractivity (Wildman–Crippen MR) is 89.0 cm³/mol. The summed E-state index contributed by atoms with van der Waals surface area (Å²) < 4.78 is 0. The van der Waals surface area contributed by atoms with Crippen molar-refractivity contribution < 1.29 is 0 Å². The van der Waals surface area contributed by atoms with Crippen molar-refractivity contribution >= 4 is 17.4 Å². The number of nitrogens with zero attached hydrogens (tertiary/aromatic N) is 3. The van der Waals surface area contributed by atoms with Crippen LogP contribution in [0.25, 0.3) is 0 Å². The smallest absolute Gasteiger partial charge is 0.131 e. The second-order valence-electron chi connectivity index (χ2n) is 5.38. The van der Waals surface area contributed by atoms with Crippen LogP contribution in [0.3, 0.4) is 0 Å². The first kappa shape index (κ1) is 15.2. The summed E-state index contributed by atoms with van der Waals surface area (Å²) in [6, 6.07) is 9.89. The zero-order valence-corrected chi connectivity index (χ0v) is 13.3. The lowest BCUT2D eigenvalue weighted by atomic mass is 10.1. The molecule has 2 N–H and O–H groups in total. The molecule has 1 aliphatic rings. The zero-order valence-electron chi connectivity index (χ0n) is 12.6. The van der Waals surface area contributed by atoms with Crippen LogP contribution in [0.1, 0.15) is 17.6 Å². The predicted octanol–water partition coefficient (Wildman–Crippen LogP) is 2.45. The summed E-state index contributed by atoms with van der Waals surface area (Å²) in [6.07, 6.45) is 1.83. The van der Waals surface area contributed by atoms with E-state index in [1.54, 1.807) is 6.20 Å². The summed E-state index contributed by atoms with van der Waals surface area (Å²) in [7, 11) is 0. The fourth-order valence-corrected chi connectivity index (χ4v) is 2.88. The van der Waals surface area contributed by atoms with Gasteiger partial charge in [-0.25, -0.2) is 9.97 Å². The standard InChI is InChI=1S/C16H20ClN5/c1-12-19-6-5-15(20-12)21-16(22-9-7-18-8-10-22)13-3-2-4-14(17)11-13/h2-6,11,16,18H,7-10H2,1H3,(H,19,20,21). The molecule has 1 unspecified atom stereocenters. The SMILES string of the molecule is Cc1nccc(NC(c2cccc(Cl)c2)N2CCNCC2)n1. The lowest BCUT2D eigenvalue weighted by Gasteiger charge is -2.36. The van der Waals surface area contributed by atoms with Crippen molar-refractivity contribution in [1.29, 1.82) is 0 Å². The third kappa shape index (κ3) is 3.74. The molecule has 1 aliphatic heterocycles. The monoisotopic (exact) mass is 317 g/mol. The average molecular weight is 318 g/mol. The zero-order chi connectivity index (χ0) is 15.4. The highest BCUT2D eigenvalue weighted by molar-refractivity contribution is 6.30. The Labute approximate surface area is 135 Å². The molecular formula is C16H20ClN5. The quantitative estimate of drug-likeness (QED) is 0.907. The van der Waals surface area contributed by atoms with Gasteiger partial charge in [0.05, 0.1) is 0 Å². The van der Waals surface area contributed by atoms with Gasteiger partial charge in [-0.3, -0.25) is 4.90 Å². The maximum absolute atomic E-state index is 6.17. The summed E-state index contributed by atoms with van der Waals surface area (Å²) in [6.45, 7) is 5.83. The number of piperazine rings is 1. The molecule has 5 nitrogen and oxygen atoms in total. The van der Waals surface area contributed by atoms with E-state index in [0.29, 0.717) is 0 Å². The molecule has 0 radical (unpaired) electrons. The number of hydrogen-bond donors (Lipinski definition) is 2. The van der Waals surface area contributed by atoms with Crippen LogP contribution in [0.2, 0.25) is 5.02 Å². The molecule has 1 aromatic carbocycles. The van der Waals surface area contributed by atoms with Crippen molar-refractivity contribution in [3.05, 3.63) is 52.9 Å². The van der Waals surface area contributed by atoms with Crippen LogP contribution in [-0.4, -0.2) is 41.0 Å². The fourth-order valence-electron chi connectivity index (χ4n) is 2.68. The van der Waals surface area contributed by atoms with Crippen LogP contribution in [0.5, 0.6) is 0 Å². The van der Waals surface area contributed by atoms with Gasteiger partial charge in [0.25, 0.3) is 0 Å². The van der Waals surface area contributed by atoms with Crippen molar-refractivity contribution in [1.82, 2.24) is 20.2 Å². The van der Waals surface area contributed by atoms with Crippen molar-refractivity contribution in [3.63, 3.8) is 0 Å². The van der Waals surface area contributed by atoms with Gasteiger partial charge < -0.3 is 10.6 Å². The summed E-state index contributed by atoms with van der Waals surface area (Å²) in [5, 5.41) is 7.65. The van der Waals surface area contributed by atoms with Gasteiger partial charge in [0.2, 0.25) is 0 Å². The van der Waals surface area contributed by atoms with E-state index >= 15 is 0 Å². The van der Waals surface area contributed by atoms with Gasteiger partial charge in [0.1, 0.15) is 17.8 Å². The molecule has 2 aromatic rings. The fraction of sp³-hybridized carbons (Fsp3) is 0.375. The van der Waals surface area contributed by atoms with E-state index in [9.17, 15) is 0 Å². The van der Waals surface area contributed by atoms with E-state index in [-0.39, 0.29) is 6.17 Å². The molecule has 0 bridgehead atoms. The molecule has 22 heavy (non-hydrogen) atoms. The Hall–Kier alpha value is -1.69. The highest BCUT2D eigenvalue weighted by Crippen LogP contribution is 2.25. The molecular weight excluding hydrogens is 298 g/mol. The van der Waals surface area contributed by atoms with E-state index < -0.39 is 0 Å². The van der Waals surface area contributed by atoms with Gasteiger partial charge in [-0.2, -0.15) is 0 Å². The summed E-state index contributed by atoms with van der Waals surface area (Å²) >= 11 is 6.17. The number of aryl methyl sites for hydroxylation is 1. The molecule has 0 aliphatic carbocycles. The van der Waals surface area contributed by atoms with Crippen LogP contribution in [0, 0.1) is 6.92 Å². The van der Waals surface area contributed by atoms with Crippen LogP contribution < -0.4 is 10.6 Å². The highest BCUT2D eigenvalue weighted by atomic mass is 35.5. The number of nitrogens with one attached hydrogen (secondary N) is 2. The number of halogens is 1. The first-order valence-corrected chi connectivity index (χ1v) is 7.86. The van der Waals surface area contributed by atoms with Crippen molar-refractivity contribution in [2.75, 3.05) is 31.5 Å². The second kappa shape index (κ2) is 7.05. The molecule has 1 fully saturated rings.